The molecule has 0 bridgehead atoms. The van der Waals surface area contributed by atoms with Gasteiger partial charge in [-0.2, -0.15) is 0 Å². The van der Waals surface area contributed by atoms with Gasteiger partial charge in [-0.05, 0) is 13.0 Å². The van der Waals surface area contributed by atoms with Gasteiger partial charge >= 0.3 is 0 Å². The number of hydrogen-bond acceptors (Lipinski definition) is 3. The Labute approximate surface area is 84.4 Å². The van der Waals surface area contributed by atoms with Crippen LogP contribution in [0.1, 0.15) is 13.3 Å². The molecule has 0 saturated heterocycles. The van der Waals surface area contributed by atoms with E-state index < -0.39 is 5.09 Å². The fourth-order valence-corrected chi connectivity index (χ4v) is 0.938. The Hall–Kier alpha value is -1.36. The van der Waals surface area contributed by atoms with Crippen LogP contribution >= 0.6 is 0 Å². The quantitative estimate of drug-likeness (QED) is 0.404. The van der Waals surface area contributed by atoms with E-state index in [1.165, 1.54) is 6.42 Å². The Kier molecular flexibility index (Phi) is 12.6. The highest BCUT2D eigenvalue weighted by Crippen LogP contribution is 1.90. The first-order valence-electron chi connectivity index (χ1n) is 4.35. The summed E-state index contributed by atoms with van der Waals surface area (Å²) < 4.78 is 0. The molecule has 0 aliphatic rings. The highest BCUT2D eigenvalue weighted by molar-refractivity contribution is 4.79. The van der Waals surface area contributed by atoms with Gasteiger partial charge in [0.15, 0.2) is 0 Å². The lowest BCUT2D eigenvalue weighted by molar-refractivity contribution is -0.742. The van der Waals surface area contributed by atoms with E-state index >= 15 is 0 Å². The van der Waals surface area contributed by atoms with E-state index in [0.29, 0.717) is 0 Å². The van der Waals surface area contributed by atoms with Crippen molar-refractivity contribution in [2.45, 2.75) is 13.3 Å². The van der Waals surface area contributed by atoms with Gasteiger partial charge < -0.3 is 5.21 Å². The van der Waals surface area contributed by atoms with Crippen molar-refractivity contribution in [2.24, 2.45) is 0 Å². The second-order valence-electron chi connectivity index (χ2n) is 2.57. The summed E-state index contributed by atoms with van der Waals surface area (Å²) in [6.45, 7) is 12.6. The summed E-state index contributed by atoms with van der Waals surface area (Å²) in [6.07, 6.45) is 5.06. The summed E-state index contributed by atoms with van der Waals surface area (Å²) in [7, 11) is 0. The minimum Gasteiger partial charge on any atom is -0.328 e. The number of hydrogen-bond donors (Lipinski definition) is 1. The van der Waals surface area contributed by atoms with E-state index in [4.69, 9.17) is 15.3 Å². The minimum atomic E-state index is -1.50. The smallest absolute Gasteiger partial charge is 0.291 e. The first kappa shape index (κ1) is 15.1. The third kappa shape index (κ3) is 16.9. The van der Waals surface area contributed by atoms with Crippen molar-refractivity contribution < 1.29 is 10.3 Å². The lowest BCUT2D eigenvalue weighted by atomic mass is 10.4. The lowest BCUT2D eigenvalue weighted by Crippen LogP contribution is -2.24. The van der Waals surface area contributed by atoms with Crippen molar-refractivity contribution >= 4 is 0 Å². The van der Waals surface area contributed by atoms with Crippen molar-refractivity contribution in [2.75, 3.05) is 19.6 Å². The average molecular weight is 202 g/mol. The molecule has 0 aromatic heterocycles. The molecule has 0 spiro atoms. The summed E-state index contributed by atoms with van der Waals surface area (Å²) in [5.41, 5.74) is 0. The van der Waals surface area contributed by atoms with Crippen LogP contribution < -0.4 is 0 Å². The largest absolute Gasteiger partial charge is 0.328 e. The molecule has 5 nitrogen and oxygen atoms in total. The molecular weight excluding hydrogens is 184 g/mol. The molecule has 0 aliphatic heterocycles. The van der Waals surface area contributed by atoms with Gasteiger partial charge in [0.25, 0.3) is 5.09 Å². The van der Waals surface area contributed by atoms with Crippen LogP contribution in [0.2, 0.25) is 0 Å². The zero-order valence-corrected chi connectivity index (χ0v) is 8.56. The highest BCUT2D eigenvalue weighted by atomic mass is 16.9. The summed E-state index contributed by atoms with van der Waals surface area (Å²) in [5.74, 6) is 0. The van der Waals surface area contributed by atoms with Crippen LogP contribution in [0.5, 0.6) is 0 Å². The Morgan fingerprint density at radius 2 is 1.79 bits per heavy atom. The maximum atomic E-state index is 8.36. The van der Waals surface area contributed by atoms with Crippen LogP contribution in [0.25, 0.3) is 0 Å². The van der Waals surface area contributed by atoms with Crippen LogP contribution in [0.15, 0.2) is 25.3 Å². The molecule has 0 heterocycles. The second-order valence-corrected chi connectivity index (χ2v) is 2.57. The fraction of sp³-hybridized carbons (Fsp3) is 0.556. The van der Waals surface area contributed by atoms with E-state index in [0.717, 1.165) is 19.6 Å². The van der Waals surface area contributed by atoms with Gasteiger partial charge in [0.1, 0.15) is 0 Å². The molecular formula is C9H18N2O3. The predicted molar refractivity (Wildman–Crippen MR) is 55.9 cm³/mol. The third-order valence-corrected chi connectivity index (χ3v) is 1.31. The Bertz CT molecular complexity index is 157. The lowest BCUT2D eigenvalue weighted by Gasteiger charge is -2.16. The predicted octanol–water partition coefficient (Wildman–Crippen LogP) is 1.72. The summed E-state index contributed by atoms with van der Waals surface area (Å²) >= 11 is 0. The zero-order valence-electron chi connectivity index (χ0n) is 8.56. The topological polar surface area (TPSA) is 66.6 Å². The van der Waals surface area contributed by atoms with Crippen LogP contribution in [-0.4, -0.2) is 34.8 Å². The normalized spacial score (nSPS) is 8.71. The van der Waals surface area contributed by atoms with E-state index in [9.17, 15) is 0 Å². The van der Waals surface area contributed by atoms with Crippen LogP contribution in [0, 0.1) is 10.1 Å². The highest BCUT2D eigenvalue weighted by Gasteiger charge is 1.95. The van der Waals surface area contributed by atoms with Gasteiger partial charge in [0.05, 0.1) is 0 Å². The standard InChI is InChI=1S/C9H17N.HNO3/c1-4-7-10(8-5-2)9-6-3;2-1(3)4/h4-5H,1-2,6-9H2,3H3;(H,2,3,4). The molecule has 0 atom stereocenters. The monoisotopic (exact) mass is 202 g/mol. The maximum Gasteiger partial charge on any atom is 0.291 e. The number of nitrogens with zero attached hydrogens (tertiary/aromatic N) is 2. The Balaban J connectivity index is 0. The fourth-order valence-electron chi connectivity index (χ4n) is 0.938. The summed E-state index contributed by atoms with van der Waals surface area (Å²) in [6, 6.07) is 0. The minimum absolute atomic E-state index is 0.972. The van der Waals surface area contributed by atoms with Crippen molar-refractivity contribution in [3.63, 3.8) is 0 Å². The SMILES string of the molecule is C=CCN(CC=C)CCC.O=[N+]([O-])O. The molecule has 0 radical (unpaired) electrons. The van der Waals surface area contributed by atoms with E-state index in [1.54, 1.807) is 0 Å². The third-order valence-electron chi connectivity index (χ3n) is 1.31. The number of rotatable bonds is 6. The van der Waals surface area contributed by atoms with E-state index in [2.05, 4.69) is 25.0 Å². The van der Waals surface area contributed by atoms with Gasteiger partial charge in [0, 0.05) is 13.1 Å². The van der Waals surface area contributed by atoms with Crippen LogP contribution in [0.3, 0.4) is 0 Å². The molecule has 0 rings (SSSR count). The van der Waals surface area contributed by atoms with Gasteiger partial charge in [-0.25, -0.2) is 0 Å². The first-order valence-corrected chi connectivity index (χ1v) is 4.35. The molecule has 0 aliphatic carbocycles. The molecule has 0 unspecified atom stereocenters. The van der Waals surface area contributed by atoms with Gasteiger partial charge in [-0.3, -0.25) is 4.90 Å². The van der Waals surface area contributed by atoms with Crippen LogP contribution in [-0.2, 0) is 0 Å². The van der Waals surface area contributed by atoms with Gasteiger partial charge in [-0.1, -0.05) is 19.1 Å². The first-order chi connectivity index (χ1) is 6.58. The van der Waals surface area contributed by atoms with Gasteiger partial charge in [0.2, 0.25) is 0 Å². The molecule has 82 valence electrons. The molecule has 14 heavy (non-hydrogen) atoms. The molecule has 0 aromatic carbocycles. The molecule has 0 amide bonds. The Morgan fingerprint density at radius 1 is 1.43 bits per heavy atom. The molecule has 0 fully saturated rings. The van der Waals surface area contributed by atoms with Crippen molar-refractivity contribution in [1.82, 2.24) is 4.90 Å². The Morgan fingerprint density at radius 3 is 2.00 bits per heavy atom. The van der Waals surface area contributed by atoms with Crippen molar-refractivity contribution in [3.05, 3.63) is 35.4 Å². The van der Waals surface area contributed by atoms with Gasteiger partial charge in [-0.15, -0.1) is 23.3 Å². The molecule has 1 N–H and O–H groups in total. The molecule has 0 saturated carbocycles. The summed E-state index contributed by atoms with van der Waals surface area (Å²) in [5, 5.41) is 13.6. The van der Waals surface area contributed by atoms with E-state index in [1.807, 2.05) is 12.2 Å². The van der Waals surface area contributed by atoms with Crippen LogP contribution in [0.4, 0.5) is 0 Å². The molecule has 0 aromatic rings. The van der Waals surface area contributed by atoms with E-state index in [-0.39, 0.29) is 0 Å². The summed E-state index contributed by atoms with van der Waals surface area (Å²) in [4.78, 5) is 10.7. The molecule has 5 heteroatoms. The van der Waals surface area contributed by atoms with Crippen molar-refractivity contribution in [1.29, 1.82) is 0 Å². The average Bonchev–Trinajstić information content (AvgIpc) is 2.04. The maximum absolute atomic E-state index is 8.36. The van der Waals surface area contributed by atoms with Crippen molar-refractivity contribution in [3.8, 4) is 0 Å². The zero-order chi connectivity index (χ0) is 11.4. The second kappa shape index (κ2) is 11.6.